The molecule has 0 amide bonds. The van der Waals surface area contributed by atoms with Crippen LogP contribution >= 0.6 is 0 Å². The van der Waals surface area contributed by atoms with E-state index in [9.17, 15) is 4.79 Å². The fourth-order valence-electron chi connectivity index (χ4n) is 4.42. The van der Waals surface area contributed by atoms with E-state index in [0.717, 1.165) is 29.2 Å². The topological polar surface area (TPSA) is 26.3 Å². The van der Waals surface area contributed by atoms with Gasteiger partial charge in [-0.25, -0.2) is 4.79 Å². The molecule has 4 rings (SSSR count). The molecule has 33 heavy (non-hydrogen) atoms. The van der Waals surface area contributed by atoms with Gasteiger partial charge in [-0.05, 0) is 63.0 Å². The fourth-order valence-corrected chi connectivity index (χ4v) is 4.94. The van der Waals surface area contributed by atoms with Gasteiger partial charge in [0, 0.05) is 5.56 Å². The lowest BCUT2D eigenvalue weighted by Crippen LogP contribution is -2.16. The van der Waals surface area contributed by atoms with Gasteiger partial charge in [-0.1, -0.05) is 88.9 Å². The van der Waals surface area contributed by atoms with Crippen molar-refractivity contribution in [3.63, 3.8) is 0 Å². The molecule has 0 bridgehead atoms. The Labute approximate surface area is 198 Å². The molecule has 0 saturated heterocycles. The van der Waals surface area contributed by atoms with E-state index in [4.69, 9.17) is 4.74 Å². The van der Waals surface area contributed by atoms with Crippen molar-refractivity contribution < 1.29 is 9.53 Å². The van der Waals surface area contributed by atoms with Crippen LogP contribution in [0.1, 0.15) is 61.4 Å². The molecule has 4 aromatic carbocycles. The lowest BCUT2D eigenvalue weighted by atomic mass is 9.92. The first-order valence-electron chi connectivity index (χ1n) is 12.3. The quantitative estimate of drug-likeness (QED) is 0.0879. The summed E-state index contributed by atoms with van der Waals surface area (Å²) in [6.45, 7) is 9.51. The van der Waals surface area contributed by atoms with Crippen LogP contribution in [0.5, 0.6) is 0 Å². The summed E-state index contributed by atoms with van der Waals surface area (Å²) in [5.74, 6) is 3.18. The van der Waals surface area contributed by atoms with Crippen LogP contribution in [-0.4, -0.2) is 20.7 Å². The Morgan fingerprint density at radius 1 is 0.788 bits per heavy atom. The van der Waals surface area contributed by atoms with E-state index < -0.39 is 8.07 Å². The first-order valence-corrected chi connectivity index (χ1v) is 15.8. The Kier molecular flexibility index (Phi) is 7.05. The highest BCUT2D eigenvalue weighted by Crippen LogP contribution is 2.36. The smallest absolute Gasteiger partial charge is 0.338 e. The van der Waals surface area contributed by atoms with Gasteiger partial charge in [0.1, 0.15) is 8.07 Å². The minimum atomic E-state index is -1.43. The Hall–Kier alpha value is -2.83. The molecule has 0 fully saturated rings. The van der Waals surface area contributed by atoms with Gasteiger partial charge in [-0.2, -0.15) is 0 Å². The summed E-state index contributed by atoms with van der Waals surface area (Å²) in [5, 5.41) is 7.02. The summed E-state index contributed by atoms with van der Waals surface area (Å²) < 4.78 is 5.58. The monoisotopic (exact) mass is 454 g/mol. The zero-order valence-corrected chi connectivity index (χ0v) is 21.4. The van der Waals surface area contributed by atoms with Gasteiger partial charge >= 0.3 is 5.97 Å². The highest BCUT2D eigenvalue weighted by molar-refractivity contribution is 6.83. The maximum absolute atomic E-state index is 12.7. The van der Waals surface area contributed by atoms with Crippen molar-refractivity contribution in [3.05, 3.63) is 59.7 Å². The SMILES string of the molecule is CCCCCCCCOC(=O)c1cc2ccc3cc(C#C[Si](C)(C)C)cc4ccc(c1)c2c34. The molecular formula is C30H34O2Si. The zero-order chi connectivity index (χ0) is 23.4. The van der Waals surface area contributed by atoms with E-state index in [-0.39, 0.29) is 5.97 Å². The van der Waals surface area contributed by atoms with Crippen LogP contribution in [0, 0.1) is 11.5 Å². The van der Waals surface area contributed by atoms with E-state index in [0.29, 0.717) is 12.2 Å². The summed E-state index contributed by atoms with van der Waals surface area (Å²) in [6.07, 6.45) is 7.09. The second-order valence-electron chi connectivity index (χ2n) is 10.1. The number of hydrogen-bond donors (Lipinski definition) is 0. The normalized spacial score (nSPS) is 11.8. The molecule has 0 aliphatic carbocycles. The van der Waals surface area contributed by atoms with Crippen LogP contribution < -0.4 is 0 Å². The number of unbranched alkanes of at least 4 members (excludes halogenated alkanes) is 5. The third kappa shape index (κ3) is 5.57. The summed E-state index contributed by atoms with van der Waals surface area (Å²) in [7, 11) is -1.43. The predicted octanol–water partition coefficient (Wildman–Crippen LogP) is 8.33. The lowest BCUT2D eigenvalue weighted by molar-refractivity contribution is 0.0498. The number of rotatable bonds is 8. The first kappa shape index (κ1) is 23.3. The molecule has 170 valence electrons. The Bertz CT molecular complexity index is 1270. The van der Waals surface area contributed by atoms with Crippen LogP contribution in [0.2, 0.25) is 19.6 Å². The molecule has 0 saturated carbocycles. The largest absolute Gasteiger partial charge is 0.462 e. The Balaban J connectivity index is 1.58. The van der Waals surface area contributed by atoms with Crippen molar-refractivity contribution in [2.45, 2.75) is 65.1 Å². The molecule has 0 unspecified atom stereocenters. The van der Waals surface area contributed by atoms with Crippen LogP contribution in [0.15, 0.2) is 48.5 Å². The van der Waals surface area contributed by atoms with Crippen molar-refractivity contribution in [1.82, 2.24) is 0 Å². The number of hydrogen-bond acceptors (Lipinski definition) is 2. The first-order chi connectivity index (χ1) is 15.9. The molecule has 2 nitrogen and oxygen atoms in total. The van der Waals surface area contributed by atoms with E-state index in [1.54, 1.807) is 0 Å². The fraction of sp³-hybridized carbons (Fsp3) is 0.367. The van der Waals surface area contributed by atoms with Gasteiger partial charge in [0.2, 0.25) is 0 Å². The van der Waals surface area contributed by atoms with Crippen LogP contribution in [0.3, 0.4) is 0 Å². The molecule has 3 heteroatoms. The maximum Gasteiger partial charge on any atom is 0.338 e. The van der Waals surface area contributed by atoms with Gasteiger partial charge in [-0.15, -0.1) is 5.54 Å². The molecule has 0 aliphatic heterocycles. The van der Waals surface area contributed by atoms with Crippen molar-refractivity contribution >= 4 is 46.4 Å². The minimum Gasteiger partial charge on any atom is -0.462 e. The van der Waals surface area contributed by atoms with Crippen LogP contribution in [-0.2, 0) is 4.74 Å². The average Bonchev–Trinajstić information content (AvgIpc) is 2.79. The van der Waals surface area contributed by atoms with Gasteiger partial charge < -0.3 is 4.74 Å². The molecule has 0 heterocycles. The molecular weight excluding hydrogens is 420 g/mol. The second kappa shape index (κ2) is 9.97. The number of ether oxygens (including phenoxy) is 1. The number of benzene rings is 4. The molecule has 0 spiro atoms. The average molecular weight is 455 g/mol. The second-order valence-corrected chi connectivity index (χ2v) is 14.9. The zero-order valence-electron chi connectivity index (χ0n) is 20.4. The number of carbonyl (C=O) groups excluding carboxylic acids is 1. The third-order valence-corrected chi connectivity index (χ3v) is 6.96. The van der Waals surface area contributed by atoms with E-state index >= 15 is 0 Å². The molecule has 0 radical (unpaired) electrons. The van der Waals surface area contributed by atoms with E-state index in [1.165, 1.54) is 47.2 Å². The van der Waals surface area contributed by atoms with Crippen LogP contribution in [0.4, 0.5) is 0 Å². The van der Waals surface area contributed by atoms with Gasteiger partial charge in [0.25, 0.3) is 0 Å². The lowest BCUT2D eigenvalue weighted by Gasteiger charge is -2.13. The van der Waals surface area contributed by atoms with Crippen molar-refractivity contribution in [1.29, 1.82) is 0 Å². The van der Waals surface area contributed by atoms with Crippen molar-refractivity contribution in [2.75, 3.05) is 6.61 Å². The van der Waals surface area contributed by atoms with Crippen molar-refractivity contribution in [2.24, 2.45) is 0 Å². The Morgan fingerprint density at radius 3 is 1.85 bits per heavy atom. The molecule has 0 aliphatic rings. The summed E-state index contributed by atoms with van der Waals surface area (Å²) >= 11 is 0. The Morgan fingerprint density at radius 2 is 1.30 bits per heavy atom. The van der Waals surface area contributed by atoms with Crippen molar-refractivity contribution in [3.8, 4) is 11.5 Å². The molecule has 0 N–H and O–H groups in total. The van der Waals surface area contributed by atoms with E-state index in [2.05, 4.69) is 74.4 Å². The number of esters is 1. The predicted molar refractivity (Wildman–Crippen MR) is 144 cm³/mol. The summed E-state index contributed by atoms with van der Waals surface area (Å²) in [4.78, 5) is 12.7. The molecule has 4 aromatic rings. The molecule has 0 atom stereocenters. The number of carbonyl (C=O) groups is 1. The highest BCUT2D eigenvalue weighted by atomic mass is 28.3. The maximum atomic E-state index is 12.7. The van der Waals surface area contributed by atoms with Gasteiger partial charge in [0.15, 0.2) is 0 Å². The van der Waals surface area contributed by atoms with Crippen LogP contribution in [0.25, 0.3) is 32.3 Å². The summed E-state index contributed by atoms with van der Waals surface area (Å²) in [5.41, 5.74) is 5.18. The van der Waals surface area contributed by atoms with Gasteiger partial charge in [0.05, 0.1) is 12.2 Å². The highest BCUT2D eigenvalue weighted by Gasteiger charge is 2.14. The summed E-state index contributed by atoms with van der Waals surface area (Å²) in [6, 6.07) is 16.9. The van der Waals surface area contributed by atoms with Gasteiger partial charge in [-0.3, -0.25) is 0 Å². The third-order valence-electron chi connectivity index (χ3n) is 6.08. The minimum absolute atomic E-state index is 0.224. The molecule has 0 aromatic heterocycles. The van der Waals surface area contributed by atoms with E-state index in [1.807, 2.05) is 12.1 Å². The standard InChI is InChI=1S/C30H34O2Si/c1-5-6-7-8-9-10-16-32-30(31)27-20-25-13-11-23-18-22(15-17-33(2,3)4)19-24-12-14-26(21-27)29(25)28(23)24/h11-14,18-21H,5-10,16H2,1-4H3.